The summed E-state index contributed by atoms with van der Waals surface area (Å²) < 4.78 is 13.7. The first kappa shape index (κ1) is 15.1. The number of hydrogen-bond acceptors (Lipinski definition) is 2. The third-order valence-corrected chi connectivity index (χ3v) is 3.24. The van der Waals surface area contributed by atoms with Crippen LogP contribution < -0.4 is 11.1 Å². The summed E-state index contributed by atoms with van der Waals surface area (Å²) in [6.45, 7) is 4.50. The van der Waals surface area contributed by atoms with Crippen molar-refractivity contribution in [3.05, 3.63) is 34.1 Å². The highest BCUT2D eigenvalue weighted by molar-refractivity contribution is 9.10. The Morgan fingerprint density at radius 2 is 2.17 bits per heavy atom. The third-order valence-electron chi connectivity index (χ3n) is 2.55. The van der Waals surface area contributed by atoms with Gasteiger partial charge in [0.15, 0.2) is 0 Å². The van der Waals surface area contributed by atoms with E-state index in [-0.39, 0.29) is 17.5 Å². The Morgan fingerprint density at radius 3 is 2.72 bits per heavy atom. The lowest BCUT2D eigenvalue weighted by molar-refractivity contribution is 0.0932. The molecule has 1 unspecified atom stereocenters. The predicted molar refractivity (Wildman–Crippen MR) is 73.9 cm³/mol. The Morgan fingerprint density at radius 1 is 1.50 bits per heavy atom. The molecule has 0 aliphatic rings. The first-order chi connectivity index (χ1) is 8.43. The SMILES string of the molecule is CC(C)CC(CN)NC(=O)c1cc(F)ccc1Br. The molecule has 1 amide bonds. The number of carbonyl (C=O) groups is 1. The molecule has 0 aliphatic carbocycles. The highest BCUT2D eigenvalue weighted by Crippen LogP contribution is 2.18. The number of amides is 1. The molecule has 5 heteroatoms. The van der Waals surface area contributed by atoms with Crippen molar-refractivity contribution in [2.45, 2.75) is 26.3 Å². The number of rotatable bonds is 5. The van der Waals surface area contributed by atoms with Crippen LogP contribution in [-0.4, -0.2) is 18.5 Å². The summed E-state index contributed by atoms with van der Waals surface area (Å²) in [6, 6.07) is 3.94. The van der Waals surface area contributed by atoms with Gasteiger partial charge >= 0.3 is 0 Å². The van der Waals surface area contributed by atoms with Crippen molar-refractivity contribution < 1.29 is 9.18 Å². The van der Waals surface area contributed by atoms with Crippen molar-refractivity contribution in [2.24, 2.45) is 11.7 Å². The van der Waals surface area contributed by atoms with Gasteiger partial charge < -0.3 is 11.1 Å². The van der Waals surface area contributed by atoms with Crippen LogP contribution in [0.15, 0.2) is 22.7 Å². The normalized spacial score (nSPS) is 12.6. The van der Waals surface area contributed by atoms with Gasteiger partial charge in [0.05, 0.1) is 5.56 Å². The van der Waals surface area contributed by atoms with Crippen LogP contribution in [0, 0.1) is 11.7 Å². The van der Waals surface area contributed by atoms with Gasteiger partial charge in [-0.25, -0.2) is 4.39 Å². The van der Waals surface area contributed by atoms with Gasteiger partial charge in [-0.05, 0) is 46.5 Å². The molecule has 18 heavy (non-hydrogen) atoms. The number of halogens is 2. The lowest BCUT2D eigenvalue weighted by Crippen LogP contribution is -2.41. The van der Waals surface area contributed by atoms with Crippen LogP contribution in [-0.2, 0) is 0 Å². The fourth-order valence-electron chi connectivity index (χ4n) is 1.72. The summed E-state index contributed by atoms with van der Waals surface area (Å²) in [5.74, 6) is -0.302. The highest BCUT2D eigenvalue weighted by Gasteiger charge is 2.16. The Kier molecular flexibility index (Phi) is 5.75. The maximum Gasteiger partial charge on any atom is 0.252 e. The molecule has 0 fully saturated rings. The van der Waals surface area contributed by atoms with Crippen molar-refractivity contribution in [1.82, 2.24) is 5.32 Å². The van der Waals surface area contributed by atoms with Crippen LogP contribution in [0.3, 0.4) is 0 Å². The smallest absolute Gasteiger partial charge is 0.252 e. The van der Waals surface area contributed by atoms with E-state index in [1.807, 2.05) is 0 Å². The second-order valence-corrected chi connectivity index (χ2v) is 5.51. The van der Waals surface area contributed by atoms with E-state index in [1.165, 1.54) is 18.2 Å². The quantitative estimate of drug-likeness (QED) is 0.877. The monoisotopic (exact) mass is 316 g/mol. The van der Waals surface area contributed by atoms with E-state index in [9.17, 15) is 9.18 Å². The molecule has 3 nitrogen and oxygen atoms in total. The summed E-state index contributed by atoms with van der Waals surface area (Å²) in [4.78, 5) is 12.0. The van der Waals surface area contributed by atoms with Gasteiger partial charge in [0.1, 0.15) is 5.82 Å². The number of hydrogen-bond donors (Lipinski definition) is 2. The van der Waals surface area contributed by atoms with Crippen molar-refractivity contribution >= 4 is 21.8 Å². The maximum atomic E-state index is 13.1. The summed E-state index contributed by atoms with van der Waals surface area (Å²) in [5.41, 5.74) is 5.90. The van der Waals surface area contributed by atoms with Gasteiger partial charge in [-0.2, -0.15) is 0 Å². The zero-order chi connectivity index (χ0) is 13.7. The molecule has 0 aliphatic heterocycles. The minimum Gasteiger partial charge on any atom is -0.348 e. The molecule has 0 saturated carbocycles. The van der Waals surface area contributed by atoms with Crippen LogP contribution in [0.2, 0.25) is 0 Å². The molecule has 0 heterocycles. The number of carbonyl (C=O) groups excluding carboxylic acids is 1. The lowest BCUT2D eigenvalue weighted by Gasteiger charge is -2.19. The van der Waals surface area contributed by atoms with Gasteiger partial charge in [-0.3, -0.25) is 4.79 Å². The average Bonchev–Trinajstić information content (AvgIpc) is 2.30. The minimum absolute atomic E-state index is 0.0901. The molecule has 100 valence electrons. The van der Waals surface area contributed by atoms with E-state index in [0.717, 1.165) is 6.42 Å². The predicted octanol–water partition coefficient (Wildman–Crippen LogP) is 2.69. The van der Waals surface area contributed by atoms with E-state index in [1.54, 1.807) is 0 Å². The first-order valence-corrected chi connectivity index (χ1v) is 6.69. The standard InChI is InChI=1S/C13H18BrFN2O/c1-8(2)5-10(7-16)17-13(18)11-6-9(15)3-4-12(11)14/h3-4,6,8,10H,5,7,16H2,1-2H3,(H,17,18). The third kappa shape index (κ3) is 4.38. The fraction of sp³-hybridized carbons (Fsp3) is 0.462. The summed E-state index contributed by atoms with van der Waals surface area (Å²) >= 11 is 3.23. The fourth-order valence-corrected chi connectivity index (χ4v) is 2.14. The summed E-state index contributed by atoms with van der Waals surface area (Å²) in [6.07, 6.45) is 0.801. The van der Waals surface area contributed by atoms with Crippen LogP contribution in [0.4, 0.5) is 4.39 Å². The van der Waals surface area contributed by atoms with Crippen LogP contribution in [0.5, 0.6) is 0 Å². The number of nitrogens with two attached hydrogens (primary N) is 1. The molecule has 0 saturated heterocycles. The molecule has 0 aromatic heterocycles. The first-order valence-electron chi connectivity index (χ1n) is 5.90. The van der Waals surface area contributed by atoms with Crippen molar-refractivity contribution in [2.75, 3.05) is 6.54 Å². The Balaban J connectivity index is 2.77. The molecule has 1 rings (SSSR count). The summed E-state index contributed by atoms with van der Waals surface area (Å²) in [5, 5.41) is 2.82. The molecular weight excluding hydrogens is 299 g/mol. The molecular formula is C13H18BrFN2O. The largest absolute Gasteiger partial charge is 0.348 e. The van der Waals surface area contributed by atoms with E-state index < -0.39 is 5.82 Å². The Bertz CT molecular complexity index is 423. The average molecular weight is 317 g/mol. The van der Waals surface area contributed by atoms with Gasteiger partial charge in [0, 0.05) is 17.1 Å². The second-order valence-electron chi connectivity index (χ2n) is 4.66. The van der Waals surface area contributed by atoms with Crippen molar-refractivity contribution in [3.8, 4) is 0 Å². The van der Waals surface area contributed by atoms with E-state index >= 15 is 0 Å². The van der Waals surface area contributed by atoms with E-state index in [4.69, 9.17) is 5.73 Å². The second kappa shape index (κ2) is 6.85. The maximum absolute atomic E-state index is 13.1. The topological polar surface area (TPSA) is 55.1 Å². The Labute approximate surface area is 115 Å². The number of nitrogens with one attached hydrogen (secondary N) is 1. The van der Waals surface area contributed by atoms with Gasteiger partial charge in [0.2, 0.25) is 0 Å². The van der Waals surface area contributed by atoms with Crippen molar-refractivity contribution in [1.29, 1.82) is 0 Å². The molecule has 3 N–H and O–H groups in total. The zero-order valence-electron chi connectivity index (χ0n) is 10.5. The molecule has 0 spiro atoms. The zero-order valence-corrected chi connectivity index (χ0v) is 12.1. The van der Waals surface area contributed by atoms with E-state index in [0.29, 0.717) is 16.9 Å². The van der Waals surface area contributed by atoms with Crippen molar-refractivity contribution in [3.63, 3.8) is 0 Å². The highest BCUT2D eigenvalue weighted by atomic mass is 79.9. The van der Waals surface area contributed by atoms with Gasteiger partial charge in [-0.15, -0.1) is 0 Å². The molecule has 0 radical (unpaired) electrons. The number of benzene rings is 1. The lowest BCUT2D eigenvalue weighted by atomic mass is 10.0. The van der Waals surface area contributed by atoms with Crippen LogP contribution in [0.25, 0.3) is 0 Å². The van der Waals surface area contributed by atoms with E-state index in [2.05, 4.69) is 35.1 Å². The molecule has 0 bridgehead atoms. The molecule has 1 aromatic carbocycles. The molecule has 1 aromatic rings. The summed E-state index contributed by atoms with van der Waals surface area (Å²) in [7, 11) is 0. The minimum atomic E-state index is -0.434. The van der Waals surface area contributed by atoms with Gasteiger partial charge in [0.25, 0.3) is 5.91 Å². The Hall–Kier alpha value is -0.940. The van der Waals surface area contributed by atoms with Gasteiger partial charge in [-0.1, -0.05) is 13.8 Å². The van der Waals surface area contributed by atoms with Crippen LogP contribution >= 0.6 is 15.9 Å². The van der Waals surface area contributed by atoms with Crippen LogP contribution in [0.1, 0.15) is 30.6 Å². The molecule has 1 atom stereocenters.